The Labute approximate surface area is 165 Å². The molecule has 1 fully saturated rings. The molecule has 0 bridgehead atoms. The van der Waals surface area contributed by atoms with E-state index >= 15 is 0 Å². The van der Waals surface area contributed by atoms with Crippen LogP contribution in [0.15, 0.2) is 38.9 Å². The summed E-state index contributed by atoms with van der Waals surface area (Å²) in [6.07, 6.45) is 0.710. The van der Waals surface area contributed by atoms with E-state index in [0.717, 1.165) is 11.4 Å². The molecule has 0 spiro atoms. The maximum absolute atomic E-state index is 12.7. The number of likely N-dealkylation sites (tertiary alicyclic amines) is 1. The minimum Gasteiger partial charge on any atom is -0.507 e. The summed E-state index contributed by atoms with van der Waals surface area (Å²) in [7, 11) is 1.91. The van der Waals surface area contributed by atoms with Gasteiger partial charge < -0.3 is 24.6 Å². The molecule has 3 N–H and O–H groups in total. The minimum atomic E-state index is -0.361. The maximum atomic E-state index is 12.7. The van der Waals surface area contributed by atoms with Crippen molar-refractivity contribution >= 4 is 34.7 Å². The lowest BCUT2D eigenvalue weighted by molar-refractivity contribution is 0.172. The van der Waals surface area contributed by atoms with Crippen molar-refractivity contribution in [2.75, 3.05) is 20.2 Å². The first-order valence-electron chi connectivity index (χ1n) is 8.39. The number of thiophene rings is 1. The van der Waals surface area contributed by atoms with Gasteiger partial charge in [-0.1, -0.05) is 6.07 Å². The molecule has 8 heteroatoms. The molecule has 0 saturated carbocycles. The van der Waals surface area contributed by atoms with Gasteiger partial charge in [0, 0.05) is 29.7 Å². The average molecular weight is 410 g/mol. The van der Waals surface area contributed by atoms with E-state index < -0.39 is 0 Å². The van der Waals surface area contributed by atoms with Crippen molar-refractivity contribution in [3.63, 3.8) is 0 Å². The Morgan fingerprint density at radius 1 is 1.30 bits per heavy atom. The predicted molar refractivity (Wildman–Crippen MR) is 107 cm³/mol. The Bertz CT molecular complexity index is 1020. The molecule has 1 aromatic carbocycles. The quantitative estimate of drug-likeness (QED) is 0.615. The summed E-state index contributed by atoms with van der Waals surface area (Å²) in [6, 6.07) is 6.06. The van der Waals surface area contributed by atoms with Crippen molar-refractivity contribution in [2.24, 2.45) is 0 Å². The molecule has 1 aliphatic heterocycles. The number of phenolic OH excluding ortho intramolecular Hbond substituents is 2. The van der Waals surface area contributed by atoms with Gasteiger partial charge in [0.2, 0.25) is 0 Å². The summed E-state index contributed by atoms with van der Waals surface area (Å²) in [5.74, 6) is -0.231. The molecule has 2 aromatic heterocycles. The van der Waals surface area contributed by atoms with Crippen LogP contribution < -0.4 is 5.43 Å². The van der Waals surface area contributed by atoms with Crippen LogP contribution in [0.3, 0.4) is 0 Å². The predicted octanol–water partition coefficient (Wildman–Crippen LogP) is 3.13. The normalized spacial score (nSPS) is 20.1. The number of hydrogen-bond acceptors (Lipinski definition) is 7. The number of fused-ring (bicyclic) bond motifs is 1. The topological polar surface area (TPSA) is 94.1 Å². The highest BCUT2D eigenvalue weighted by atomic mass is 35.5. The molecule has 0 amide bonds. The van der Waals surface area contributed by atoms with E-state index in [2.05, 4.69) is 0 Å². The smallest absolute Gasteiger partial charge is 0.197 e. The average Bonchev–Trinajstić information content (AvgIpc) is 3.24. The lowest BCUT2D eigenvalue weighted by Crippen LogP contribution is -2.32. The van der Waals surface area contributed by atoms with Gasteiger partial charge in [-0.05, 0) is 31.5 Å². The Kier molecular flexibility index (Phi) is 5.48. The lowest BCUT2D eigenvalue weighted by Gasteiger charge is -2.24. The van der Waals surface area contributed by atoms with Gasteiger partial charge in [0.25, 0.3) is 0 Å². The van der Waals surface area contributed by atoms with E-state index in [4.69, 9.17) is 4.42 Å². The van der Waals surface area contributed by atoms with Gasteiger partial charge in [0.15, 0.2) is 5.43 Å². The fourth-order valence-electron chi connectivity index (χ4n) is 3.83. The molecule has 144 valence electrons. The van der Waals surface area contributed by atoms with Crippen molar-refractivity contribution in [3.8, 4) is 22.1 Å². The van der Waals surface area contributed by atoms with E-state index in [0.29, 0.717) is 17.7 Å². The van der Waals surface area contributed by atoms with Gasteiger partial charge in [-0.25, -0.2) is 0 Å². The third kappa shape index (κ3) is 3.21. The number of phenols is 2. The Balaban J connectivity index is 0.00000210. The highest BCUT2D eigenvalue weighted by Crippen LogP contribution is 2.44. The lowest BCUT2D eigenvalue weighted by atomic mass is 9.89. The molecule has 2 atom stereocenters. The van der Waals surface area contributed by atoms with Crippen LogP contribution in [0, 0.1) is 0 Å². The van der Waals surface area contributed by atoms with Crippen molar-refractivity contribution in [3.05, 3.63) is 45.4 Å². The molecule has 0 radical (unpaired) electrons. The number of benzene rings is 1. The van der Waals surface area contributed by atoms with Gasteiger partial charge in [-0.15, -0.1) is 23.7 Å². The van der Waals surface area contributed by atoms with Gasteiger partial charge in [0.05, 0.1) is 11.5 Å². The zero-order valence-corrected chi connectivity index (χ0v) is 16.2. The Hall–Kier alpha value is -2.06. The fourth-order valence-corrected chi connectivity index (χ4v) is 4.51. The standard InChI is InChI=1S/C19H19NO5S.ClH/c1-20-5-4-10(11(20)9-21)17-12(22)7-13(23)18-14(24)8-15(25-19(17)18)16-3-2-6-26-16;/h2-3,6-8,10-11,21-23H,4-5,9H2,1H3;1H. The van der Waals surface area contributed by atoms with E-state index in [1.165, 1.54) is 23.5 Å². The van der Waals surface area contributed by atoms with E-state index in [9.17, 15) is 20.1 Å². The van der Waals surface area contributed by atoms with Crippen LogP contribution in [0.4, 0.5) is 0 Å². The number of aliphatic hydroxyl groups excluding tert-OH is 1. The van der Waals surface area contributed by atoms with Gasteiger partial charge in [-0.2, -0.15) is 0 Å². The van der Waals surface area contributed by atoms with Crippen LogP contribution in [-0.4, -0.2) is 46.5 Å². The third-order valence-electron chi connectivity index (χ3n) is 5.14. The monoisotopic (exact) mass is 409 g/mol. The summed E-state index contributed by atoms with van der Waals surface area (Å²) in [6.45, 7) is 0.685. The maximum Gasteiger partial charge on any atom is 0.197 e. The second kappa shape index (κ2) is 7.52. The van der Waals surface area contributed by atoms with Crippen molar-refractivity contribution in [1.82, 2.24) is 4.90 Å². The summed E-state index contributed by atoms with van der Waals surface area (Å²) in [5, 5.41) is 32.5. The second-order valence-electron chi connectivity index (χ2n) is 6.61. The number of rotatable bonds is 3. The molecule has 0 aliphatic carbocycles. The molecule has 2 unspecified atom stereocenters. The van der Waals surface area contributed by atoms with Crippen molar-refractivity contribution in [2.45, 2.75) is 18.4 Å². The molecule has 1 aliphatic rings. The first kappa shape index (κ1) is 19.7. The fraction of sp³-hybridized carbons (Fsp3) is 0.316. The van der Waals surface area contributed by atoms with Crippen LogP contribution in [0.1, 0.15) is 17.9 Å². The first-order valence-corrected chi connectivity index (χ1v) is 9.27. The number of nitrogens with zero attached hydrogens (tertiary/aromatic N) is 1. The highest BCUT2D eigenvalue weighted by molar-refractivity contribution is 7.13. The number of aromatic hydroxyl groups is 2. The third-order valence-corrected chi connectivity index (χ3v) is 6.03. The highest BCUT2D eigenvalue weighted by Gasteiger charge is 2.36. The molecule has 3 heterocycles. The molecule has 27 heavy (non-hydrogen) atoms. The molecular weight excluding hydrogens is 390 g/mol. The van der Waals surface area contributed by atoms with E-state index in [1.54, 1.807) is 0 Å². The summed E-state index contributed by atoms with van der Waals surface area (Å²) < 4.78 is 6.01. The minimum absolute atomic E-state index is 0. The molecule has 4 rings (SSSR count). The summed E-state index contributed by atoms with van der Waals surface area (Å²) in [5.41, 5.74) is 0.300. The number of hydrogen-bond donors (Lipinski definition) is 3. The van der Waals surface area contributed by atoms with Gasteiger partial charge in [0.1, 0.15) is 28.2 Å². The molecule has 6 nitrogen and oxygen atoms in total. The Morgan fingerprint density at radius 2 is 2.07 bits per heavy atom. The van der Waals surface area contributed by atoms with Crippen LogP contribution in [0.2, 0.25) is 0 Å². The zero-order valence-electron chi connectivity index (χ0n) is 14.6. The largest absolute Gasteiger partial charge is 0.507 e. The molecule has 1 saturated heterocycles. The van der Waals surface area contributed by atoms with Gasteiger partial charge in [-0.3, -0.25) is 4.79 Å². The van der Waals surface area contributed by atoms with E-state index in [-0.39, 0.29) is 58.9 Å². The summed E-state index contributed by atoms with van der Waals surface area (Å²) in [4.78, 5) is 15.5. The van der Waals surface area contributed by atoms with Crippen LogP contribution in [0.5, 0.6) is 11.5 Å². The molecular formula is C19H20ClNO5S. The molecule has 3 aromatic rings. The Morgan fingerprint density at radius 3 is 2.74 bits per heavy atom. The van der Waals surface area contributed by atoms with Gasteiger partial charge >= 0.3 is 0 Å². The summed E-state index contributed by atoms with van der Waals surface area (Å²) >= 11 is 1.44. The van der Waals surface area contributed by atoms with Crippen LogP contribution >= 0.6 is 23.7 Å². The number of halogens is 1. The van der Waals surface area contributed by atoms with E-state index in [1.807, 2.05) is 29.5 Å². The number of aliphatic hydroxyl groups is 1. The van der Waals surface area contributed by atoms with Crippen LogP contribution in [0.25, 0.3) is 21.6 Å². The second-order valence-corrected chi connectivity index (χ2v) is 7.56. The number of likely N-dealkylation sites (N-methyl/N-ethyl adjacent to an activating group) is 1. The van der Waals surface area contributed by atoms with Crippen LogP contribution in [-0.2, 0) is 0 Å². The first-order chi connectivity index (χ1) is 12.5. The van der Waals surface area contributed by atoms with Crippen molar-refractivity contribution in [1.29, 1.82) is 0 Å². The van der Waals surface area contributed by atoms with Crippen molar-refractivity contribution < 1.29 is 19.7 Å². The SMILES string of the molecule is CN1CCC(c2c(O)cc(O)c3c(=O)cc(-c4cccs4)oc23)C1CO.Cl. The zero-order chi connectivity index (χ0) is 18.4.